The first kappa shape index (κ1) is 22.8. The molecular formula is C24H21Cl2FN2O2S. The maximum atomic E-state index is 13.4. The van der Waals surface area contributed by atoms with Crippen molar-refractivity contribution in [3.05, 3.63) is 91.8 Å². The van der Waals surface area contributed by atoms with Crippen molar-refractivity contribution in [1.29, 1.82) is 0 Å². The first-order chi connectivity index (χ1) is 15.4. The molecule has 2 aromatic carbocycles. The van der Waals surface area contributed by atoms with E-state index in [0.29, 0.717) is 28.7 Å². The van der Waals surface area contributed by atoms with Gasteiger partial charge >= 0.3 is 0 Å². The van der Waals surface area contributed by atoms with Crippen LogP contribution in [0.2, 0.25) is 10.0 Å². The summed E-state index contributed by atoms with van der Waals surface area (Å²) in [5.74, 6) is -0.725. The molecule has 1 heterocycles. The van der Waals surface area contributed by atoms with Crippen molar-refractivity contribution in [2.45, 2.75) is 32.0 Å². The monoisotopic (exact) mass is 490 g/mol. The molecule has 4 rings (SSSR count). The van der Waals surface area contributed by atoms with Crippen LogP contribution in [0.3, 0.4) is 0 Å². The second kappa shape index (κ2) is 10.0. The van der Waals surface area contributed by atoms with Gasteiger partial charge in [-0.2, -0.15) is 0 Å². The standard InChI is InChI=1S/C24H21Cl2FN2O2S/c25-21-10-5-17(12-22(21)26)24(31)29(19-8-9-19)15-23(30)28(14-20-2-1-11-32-20)13-16-3-6-18(27)7-4-16/h1-7,10-12,19H,8-9,13-15H2. The summed E-state index contributed by atoms with van der Waals surface area (Å²) in [5.41, 5.74) is 1.23. The first-order valence-electron chi connectivity index (χ1n) is 10.2. The molecule has 1 fully saturated rings. The van der Waals surface area contributed by atoms with Gasteiger partial charge < -0.3 is 9.80 Å². The maximum Gasteiger partial charge on any atom is 0.254 e. The lowest BCUT2D eigenvalue weighted by Gasteiger charge is -2.28. The Labute approximate surface area is 200 Å². The highest BCUT2D eigenvalue weighted by Crippen LogP contribution is 2.30. The smallest absolute Gasteiger partial charge is 0.254 e. The quantitative estimate of drug-likeness (QED) is 0.386. The van der Waals surface area contributed by atoms with E-state index in [1.165, 1.54) is 18.2 Å². The fraction of sp³-hybridized carbons (Fsp3) is 0.250. The first-order valence-corrected chi connectivity index (χ1v) is 11.8. The summed E-state index contributed by atoms with van der Waals surface area (Å²) in [5, 5.41) is 2.63. The number of rotatable bonds is 8. The zero-order valence-electron chi connectivity index (χ0n) is 17.1. The zero-order valence-corrected chi connectivity index (χ0v) is 19.5. The Morgan fingerprint density at radius 1 is 1.00 bits per heavy atom. The van der Waals surface area contributed by atoms with E-state index in [1.807, 2.05) is 17.5 Å². The molecule has 0 aliphatic heterocycles. The molecule has 166 valence electrons. The Kier molecular flexibility index (Phi) is 7.13. The minimum atomic E-state index is -0.322. The van der Waals surface area contributed by atoms with E-state index >= 15 is 0 Å². The van der Waals surface area contributed by atoms with Gasteiger partial charge in [-0.1, -0.05) is 41.4 Å². The molecule has 1 aromatic heterocycles. The molecule has 0 saturated heterocycles. The Hall–Kier alpha value is -2.41. The van der Waals surface area contributed by atoms with Crippen LogP contribution in [0.15, 0.2) is 60.0 Å². The number of carbonyl (C=O) groups excluding carboxylic acids is 2. The molecule has 0 unspecified atom stereocenters. The molecule has 32 heavy (non-hydrogen) atoms. The van der Waals surface area contributed by atoms with Crippen molar-refractivity contribution in [2.75, 3.05) is 6.54 Å². The second-order valence-electron chi connectivity index (χ2n) is 7.75. The molecule has 0 N–H and O–H groups in total. The molecule has 4 nitrogen and oxygen atoms in total. The van der Waals surface area contributed by atoms with Crippen molar-refractivity contribution in [3.8, 4) is 0 Å². The molecular weight excluding hydrogens is 470 g/mol. The lowest BCUT2D eigenvalue weighted by Crippen LogP contribution is -2.43. The van der Waals surface area contributed by atoms with Gasteiger partial charge in [0.15, 0.2) is 0 Å². The molecule has 0 atom stereocenters. The predicted octanol–water partition coefficient (Wildman–Crippen LogP) is 6.03. The Morgan fingerprint density at radius 3 is 2.38 bits per heavy atom. The summed E-state index contributed by atoms with van der Waals surface area (Å²) < 4.78 is 13.3. The molecule has 3 aromatic rings. The molecule has 2 amide bonds. The molecule has 0 bridgehead atoms. The summed E-state index contributed by atoms with van der Waals surface area (Å²) in [6, 6.07) is 14.8. The third-order valence-electron chi connectivity index (χ3n) is 5.29. The minimum Gasteiger partial charge on any atom is -0.332 e. The van der Waals surface area contributed by atoms with Crippen LogP contribution in [0.4, 0.5) is 4.39 Å². The number of hydrogen-bond donors (Lipinski definition) is 0. The zero-order chi connectivity index (χ0) is 22.7. The number of nitrogens with zero attached hydrogens (tertiary/aromatic N) is 2. The summed E-state index contributed by atoms with van der Waals surface area (Å²) in [6.07, 6.45) is 1.73. The van der Waals surface area contributed by atoms with E-state index in [9.17, 15) is 14.0 Å². The normalized spacial score (nSPS) is 13.1. The largest absolute Gasteiger partial charge is 0.332 e. The van der Waals surface area contributed by atoms with Crippen LogP contribution >= 0.6 is 34.5 Å². The lowest BCUT2D eigenvalue weighted by molar-refractivity contribution is -0.133. The summed E-state index contributed by atoms with van der Waals surface area (Å²) in [6.45, 7) is 0.722. The lowest BCUT2D eigenvalue weighted by atomic mass is 10.2. The van der Waals surface area contributed by atoms with E-state index in [-0.39, 0.29) is 30.2 Å². The summed E-state index contributed by atoms with van der Waals surface area (Å²) >= 11 is 13.6. The Balaban J connectivity index is 1.53. The highest BCUT2D eigenvalue weighted by Gasteiger charge is 2.35. The molecule has 0 spiro atoms. The van der Waals surface area contributed by atoms with E-state index in [4.69, 9.17) is 23.2 Å². The predicted molar refractivity (Wildman–Crippen MR) is 125 cm³/mol. The average molecular weight is 491 g/mol. The van der Waals surface area contributed by atoms with Crippen molar-refractivity contribution in [3.63, 3.8) is 0 Å². The Morgan fingerprint density at radius 2 is 1.75 bits per heavy atom. The topological polar surface area (TPSA) is 40.6 Å². The van der Waals surface area contributed by atoms with Crippen LogP contribution in [0, 0.1) is 5.82 Å². The number of benzene rings is 2. The van der Waals surface area contributed by atoms with Crippen molar-refractivity contribution < 1.29 is 14.0 Å². The van der Waals surface area contributed by atoms with E-state index in [2.05, 4.69) is 0 Å². The fourth-order valence-corrected chi connectivity index (χ4v) is 4.44. The average Bonchev–Trinajstić information content (AvgIpc) is 3.49. The van der Waals surface area contributed by atoms with Gasteiger partial charge in [0, 0.05) is 23.0 Å². The van der Waals surface area contributed by atoms with Crippen LogP contribution < -0.4 is 0 Å². The second-order valence-corrected chi connectivity index (χ2v) is 9.60. The third-order valence-corrected chi connectivity index (χ3v) is 6.89. The maximum absolute atomic E-state index is 13.4. The molecule has 1 saturated carbocycles. The van der Waals surface area contributed by atoms with Gasteiger partial charge in [-0.05, 0) is 60.2 Å². The molecule has 1 aliphatic carbocycles. The van der Waals surface area contributed by atoms with Crippen LogP contribution in [-0.2, 0) is 17.9 Å². The number of halogens is 3. The molecule has 1 aliphatic rings. The van der Waals surface area contributed by atoms with Gasteiger partial charge in [0.25, 0.3) is 5.91 Å². The van der Waals surface area contributed by atoms with Gasteiger partial charge in [0.1, 0.15) is 12.4 Å². The van der Waals surface area contributed by atoms with Gasteiger partial charge in [0.2, 0.25) is 5.91 Å². The Bertz CT molecular complexity index is 1100. The number of amides is 2. The van der Waals surface area contributed by atoms with Crippen molar-refractivity contribution in [2.24, 2.45) is 0 Å². The van der Waals surface area contributed by atoms with Gasteiger partial charge in [-0.25, -0.2) is 4.39 Å². The highest BCUT2D eigenvalue weighted by molar-refractivity contribution is 7.09. The van der Waals surface area contributed by atoms with Crippen molar-refractivity contribution in [1.82, 2.24) is 9.80 Å². The van der Waals surface area contributed by atoms with Gasteiger partial charge in [-0.3, -0.25) is 9.59 Å². The fourth-order valence-electron chi connectivity index (χ4n) is 3.43. The minimum absolute atomic E-state index is 0.0314. The number of thiophene rings is 1. The molecule has 8 heteroatoms. The SMILES string of the molecule is O=C(CN(C(=O)c1ccc(Cl)c(Cl)c1)C1CC1)N(Cc1ccc(F)cc1)Cc1cccs1. The van der Waals surface area contributed by atoms with E-state index < -0.39 is 0 Å². The summed E-state index contributed by atoms with van der Waals surface area (Å²) in [4.78, 5) is 30.9. The van der Waals surface area contributed by atoms with Crippen LogP contribution in [0.1, 0.15) is 33.6 Å². The van der Waals surface area contributed by atoms with Crippen LogP contribution in [-0.4, -0.2) is 34.2 Å². The van der Waals surface area contributed by atoms with Crippen LogP contribution in [0.25, 0.3) is 0 Å². The number of hydrogen-bond acceptors (Lipinski definition) is 3. The molecule has 0 radical (unpaired) electrons. The van der Waals surface area contributed by atoms with E-state index in [1.54, 1.807) is 45.4 Å². The van der Waals surface area contributed by atoms with Crippen LogP contribution in [0.5, 0.6) is 0 Å². The van der Waals surface area contributed by atoms with Gasteiger partial charge in [-0.15, -0.1) is 11.3 Å². The highest BCUT2D eigenvalue weighted by atomic mass is 35.5. The van der Waals surface area contributed by atoms with Crippen molar-refractivity contribution >= 4 is 46.4 Å². The summed E-state index contributed by atoms with van der Waals surface area (Å²) in [7, 11) is 0. The third kappa shape index (κ3) is 5.68. The van der Waals surface area contributed by atoms with E-state index in [0.717, 1.165) is 23.3 Å². The van der Waals surface area contributed by atoms with Gasteiger partial charge in [0.05, 0.1) is 16.6 Å². The number of carbonyl (C=O) groups is 2.